The lowest BCUT2D eigenvalue weighted by molar-refractivity contribution is 0.0936. The van der Waals surface area contributed by atoms with E-state index in [1.54, 1.807) is 12.1 Å². The van der Waals surface area contributed by atoms with Crippen LogP contribution in [0, 0.1) is 0 Å². The topological polar surface area (TPSA) is 62.5 Å². The Morgan fingerprint density at radius 1 is 1.23 bits per heavy atom. The van der Waals surface area contributed by atoms with Crippen LogP contribution in [0.3, 0.4) is 0 Å². The highest BCUT2D eigenvalue weighted by Gasteiger charge is 2.15. The second-order valence-corrected chi connectivity index (χ2v) is 6.40. The van der Waals surface area contributed by atoms with Gasteiger partial charge in [-0.15, -0.1) is 0 Å². The predicted octanol–water partition coefficient (Wildman–Crippen LogP) is 3.43. The quantitative estimate of drug-likeness (QED) is 0.889. The van der Waals surface area contributed by atoms with E-state index in [2.05, 4.69) is 26.1 Å². The van der Waals surface area contributed by atoms with E-state index in [1.165, 1.54) is 11.8 Å². The van der Waals surface area contributed by atoms with Crippen molar-refractivity contribution in [3.63, 3.8) is 0 Å². The first-order valence-corrected chi connectivity index (χ1v) is 7.48. The molecule has 0 radical (unpaired) electrons. The lowest BCUT2D eigenvalue weighted by Crippen LogP contribution is -2.25. The lowest BCUT2D eigenvalue weighted by Gasteiger charge is -2.19. The molecule has 0 aliphatic rings. The van der Waals surface area contributed by atoms with Gasteiger partial charge in [-0.2, -0.15) is 0 Å². The molecule has 1 heterocycles. The van der Waals surface area contributed by atoms with Gasteiger partial charge in [0.05, 0.1) is 6.26 Å². The summed E-state index contributed by atoms with van der Waals surface area (Å²) in [5, 5.41) is 12.7. The average Bonchev–Trinajstić information content (AvgIpc) is 3.00. The van der Waals surface area contributed by atoms with Gasteiger partial charge in [0.2, 0.25) is 0 Å². The second-order valence-electron chi connectivity index (χ2n) is 6.40. The molecule has 0 aliphatic heterocycles. The molecule has 0 unspecified atom stereocenters. The number of furan rings is 1. The molecular weight excluding hydrogens is 278 g/mol. The highest BCUT2D eigenvalue weighted by Crippen LogP contribution is 2.22. The van der Waals surface area contributed by atoms with Crippen LogP contribution in [0.5, 0.6) is 0 Å². The third-order valence-electron chi connectivity index (χ3n) is 3.59. The maximum atomic E-state index is 12.1. The smallest absolute Gasteiger partial charge is 0.251 e. The van der Waals surface area contributed by atoms with Gasteiger partial charge in [-0.3, -0.25) is 4.79 Å². The first kappa shape index (κ1) is 16.3. The van der Waals surface area contributed by atoms with E-state index < -0.39 is 6.10 Å². The molecule has 1 atom stereocenters. The number of nitrogens with one attached hydrogen (secondary N) is 1. The minimum absolute atomic E-state index is 0.0716. The zero-order chi connectivity index (χ0) is 16.2. The third kappa shape index (κ3) is 4.21. The van der Waals surface area contributed by atoms with Crippen LogP contribution in [-0.2, 0) is 5.41 Å². The molecule has 1 aromatic carbocycles. The maximum Gasteiger partial charge on any atom is 0.251 e. The summed E-state index contributed by atoms with van der Waals surface area (Å²) in [7, 11) is 0. The van der Waals surface area contributed by atoms with Crippen LogP contribution >= 0.6 is 0 Å². The Bertz CT molecular complexity index is 594. The summed E-state index contributed by atoms with van der Waals surface area (Å²) in [6.07, 6.45) is 1.24. The van der Waals surface area contributed by atoms with Crippen molar-refractivity contribution in [3.05, 3.63) is 59.5 Å². The molecule has 0 aliphatic carbocycles. The Morgan fingerprint density at radius 2 is 1.91 bits per heavy atom. The first-order valence-electron chi connectivity index (χ1n) is 7.48. The van der Waals surface area contributed by atoms with Crippen LogP contribution in [0.2, 0.25) is 0 Å². The third-order valence-corrected chi connectivity index (χ3v) is 3.59. The van der Waals surface area contributed by atoms with Crippen molar-refractivity contribution in [2.75, 3.05) is 6.54 Å². The zero-order valence-corrected chi connectivity index (χ0v) is 13.3. The molecule has 0 spiro atoms. The molecule has 0 bridgehead atoms. The molecular formula is C18H23NO3. The molecule has 22 heavy (non-hydrogen) atoms. The highest BCUT2D eigenvalue weighted by atomic mass is 16.4. The van der Waals surface area contributed by atoms with Crippen LogP contribution in [0.1, 0.15) is 55.0 Å². The van der Waals surface area contributed by atoms with Crippen LogP contribution in [0.4, 0.5) is 0 Å². The van der Waals surface area contributed by atoms with E-state index in [9.17, 15) is 9.90 Å². The zero-order valence-electron chi connectivity index (χ0n) is 13.3. The second kappa shape index (κ2) is 6.79. The van der Waals surface area contributed by atoms with Gasteiger partial charge in [0.1, 0.15) is 11.9 Å². The van der Waals surface area contributed by atoms with E-state index in [-0.39, 0.29) is 11.3 Å². The van der Waals surface area contributed by atoms with Crippen LogP contribution in [0.25, 0.3) is 0 Å². The summed E-state index contributed by atoms with van der Waals surface area (Å²) >= 11 is 0. The Kier molecular flexibility index (Phi) is 5.03. The van der Waals surface area contributed by atoms with E-state index in [1.807, 2.05) is 24.3 Å². The highest BCUT2D eigenvalue weighted by molar-refractivity contribution is 5.94. The van der Waals surface area contributed by atoms with Crippen molar-refractivity contribution >= 4 is 5.91 Å². The molecule has 0 saturated heterocycles. The van der Waals surface area contributed by atoms with E-state index in [0.717, 1.165) is 0 Å². The first-order chi connectivity index (χ1) is 10.4. The van der Waals surface area contributed by atoms with E-state index >= 15 is 0 Å². The van der Waals surface area contributed by atoms with Gasteiger partial charge in [0.25, 0.3) is 5.91 Å². The molecule has 0 saturated carbocycles. The SMILES string of the molecule is CC(C)(C)c1ccc(C(=O)NCC[C@@H](O)c2ccco2)cc1. The van der Waals surface area contributed by atoms with Crippen molar-refractivity contribution in [2.45, 2.75) is 38.7 Å². The summed E-state index contributed by atoms with van der Waals surface area (Å²) in [4.78, 5) is 12.1. The Labute approximate surface area is 131 Å². The lowest BCUT2D eigenvalue weighted by atomic mass is 9.87. The van der Waals surface area contributed by atoms with E-state index in [0.29, 0.717) is 24.3 Å². The Morgan fingerprint density at radius 3 is 2.45 bits per heavy atom. The minimum Gasteiger partial charge on any atom is -0.467 e. The fourth-order valence-corrected chi connectivity index (χ4v) is 2.17. The molecule has 2 aromatic rings. The fourth-order valence-electron chi connectivity index (χ4n) is 2.17. The Balaban J connectivity index is 1.85. The minimum atomic E-state index is -0.696. The fraction of sp³-hybridized carbons (Fsp3) is 0.389. The number of benzene rings is 1. The number of amides is 1. The normalized spacial score (nSPS) is 12.9. The van der Waals surface area contributed by atoms with Crippen molar-refractivity contribution < 1.29 is 14.3 Å². The Hall–Kier alpha value is -2.07. The summed E-state index contributed by atoms with van der Waals surface area (Å²) in [6.45, 7) is 6.80. The molecule has 4 heteroatoms. The molecule has 118 valence electrons. The average molecular weight is 301 g/mol. The van der Waals surface area contributed by atoms with Gasteiger partial charge < -0.3 is 14.8 Å². The van der Waals surface area contributed by atoms with E-state index in [4.69, 9.17) is 4.42 Å². The summed E-state index contributed by atoms with van der Waals surface area (Å²) in [6, 6.07) is 11.1. The van der Waals surface area contributed by atoms with Crippen LogP contribution in [0.15, 0.2) is 47.1 Å². The van der Waals surface area contributed by atoms with Crippen LogP contribution < -0.4 is 5.32 Å². The van der Waals surface area contributed by atoms with Crippen molar-refractivity contribution in [1.29, 1.82) is 0 Å². The predicted molar refractivity (Wildman–Crippen MR) is 85.8 cm³/mol. The standard InChI is InChI=1S/C18H23NO3/c1-18(2,3)14-8-6-13(7-9-14)17(21)19-11-10-15(20)16-5-4-12-22-16/h4-9,12,15,20H,10-11H2,1-3H3,(H,19,21)/t15-/m1/s1. The number of rotatable bonds is 5. The number of aliphatic hydroxyl groups is 1. The number of hydrogen-bond donors (Lipinski definition) is 2. The molecule has 2 rings (SSSR count). The van der Waals surface area contributed by atoms with Gasteiger partial charge in [-0.1, -0.05) is 32.9 Å². The number of aliphatic hydroxyl groups excluding tert-OH is 1. The molecule has 1 amide bonds. The van der Waals surface area contributed by atoms with Crippen LogP contribution in [-0.4, -0.2) is 17.6 Å². The summed E-state index contributed by atoms with van der Waals surface area (Å²) in [5.41, 5.74) is 1.89. The number of carbonyl (C=O) groups is 1. The summed E-state index contributed by atoms with van der Waals surface area (Å²) in [5.74, 6) is 0.385. The monoisotopic (exact) mass is 301 g/mol. The molecule has 1 aromatic heterocycles. The van der Waals surface area contributed by atoms with Gasteiger partial charge in [-0.05, 0) is 41.7 Å². The van der Waals surface area contributed by atoms with Gasteiger partial charge in [0.15, 0.2) is 0 Å². The van der Waals surface area contributed by atoms with Gasteiger partial charge >= 0.3 is 0 Å². The van der Waals surface area contributed by atoms with Gasteiger partial charge in [-0.25, -0.2) is 0 Å². The molecule has 0 fully saturated rings. The van der Waals surface area contributed by atoms with Crippen molar-refractivity contribution in [1.82, 2.24) is 5.32 Å². The van der Waals surface area contributed by atoms with Crippen molar-refractivity contribution in [2.24, 2.45) is 0 Å². The largest absolute Gasteiger partial charge is 0.467 e. The maximum absolute atomic E-state index is 12.1. The van der Waals surface area contributed by atoms with Gasteiger partial charge in [0, 0.05) is 12.1 Å². The number of carbonyl (C=O) groups excluding carboxylic acids is 1. The molecule has 2 N–H and O–H groups in total. The number of hydrogen-bond acceptors (Lipinski definition) is 3. The summed E-state index contributed by atoms with van der Waals surface area (Å²) < 4.78 is 5.12. The van der Waals surface area contributed by atoms with Crippen molar-refractivity contribution in [3.8, 4) is 0 Å². The molecule has 4 nitrogen and oxygen atoms in total.